The number of ether oxygens (including phenoxy) is 2. The second-order valence-electron chi connectivity index (χ2n) is 2.82. The molecule has 0 radical (unpaired) electrons. The van der Waals surface area contributed by atoms with E-state index >= 15 is 0 Å². The predicted molar refractivity (Wildman–Crippen MR) is 57.8 cm³/mol. The largest absolute Gasteiger partial charge is 0.493 e. The normalized spacial score (nSPS) is 10.3. The molecule has 0 unspecified atom stereocenters. The quantitative estimate of drug-likeness (QED) is 0.754. The number of carbonyl (C=O) groups excluding carboxylic acids is 1. The molecule has 0 spiro atoms. The summed E-state index contributed by atoms with van der Waals surface area (Å²) in [6.45, 7) is 0. The van der Waals surface area contributed by atoms with Crippen molar-refractivity contribution in [2.24, 2.45) is 5.73 Å². The zero-order valence-electron chi connectivity index (χ0n) is 8.69. The lowest BCUT2D eigenvalue weighted by atomic mass is 10.1. The number of amides is 1. The minimum absolute atomic E-state index is 0.500. The number of primary amides is 1. The van der Waals surface area contributed by atoms with Gasteiger partial charge in [0.25, 0.3) is 0 Å². The number of nitrogens with two attached hydrogens (primary N) is 1. The van der Waals surface area contributed by atoms with Crippen molar-refractivity contribution in [3.05, 3.63) is 29.8 Å². The van der Waals surface area contributed by atoms with Gasteiger partial charge in [0, 0.05) is 11.6 Å². The van der Waals surface area contributed by atoms with Crippen LogP contribution in [0.2, 0.25) is 0 Å². The summed E-state index contributed by atoms with van der Waals surface area (Å²) >= 11 is 0. The zero-order valence-corrected chi connectivity index (χ0v) is 8.69. The van der Waals surface area contributed by atoms with Crippen LogP contribution < -0.4 is 15.2 Å². The molecule has 1 rings (SSSR count). The summed E-state index contributed by atoms with van der Waals surface area (Å²) in [5.41, 5.74) is 5.75. The summed E-state index contributed by atoms with van der Waals surface area (Å²) in [6.07, 6.45) is 2.86. The van der Waals surface area contributed by atoms with Crippen LogP contribution in [0.4, 0.5) is 0 Å². The van der Waals surface area contributed by atoms with Gasteiger partial charge >= 0.3 is 0 Å². The van der Waals surface area contributed by atoms with Crippen LogP contribution in [0.1, 0.15) is 5.56 Å². The SMILES string of the molecule is COc1cccc(/C=C/C(N)=O)c1OC. The molecular weight excluding hydrogens is 194 g/mol. The first-order valence-electron chi connectivity index (χ1n) is 4.37. The lowest BCUT2D eigenvalue weighted by Gasteiger charge is -2.09. The first-order chi connectivity index (χ1) is 7.19. The van der Waals surface area contributed by atoms with Crippen LogP contribution >= 0.6 is 0 Å². The van der Waals surface area contributed by atoms with Gasteiger partial charge in [-0.15, -0.1) is 0 Å². The predicted octanol–water partition coefficient (Wildman–Crippen LogP) is 1.20. The average Bonchev–Trinajstić information content (AvgIpc) is 2.25. The van der Waals surface area contributed by atoms with Crippen molar-refractivity contribution in [3.63, 3.8) is 0 Å². The van der Waals surface area contributed by atoms with Gasteiger partial charge in [-0.1, -0.05) is 12.1 Å². The van der Waals surface area contributed by atoms with Crippen LogP contribution in [0, 0.1) is 0 Å². The number of benzene rings is 1. The topological polar surface area (TPSA) is 61.5 Å². The van der Waals surface area contributed by atoms with Gasteiger partial charge in [0.1, 0.15) is 0 Å². The highest BCUT2D eigenvalue weighted by Crippen LogP contribution is 2.31. The molecule has 0 aromatic heterocycles. The summed E-state index contributed by atoms with van der Waals surface area (Å²) in [4.78, 5) is 10.6. The van der Waals surface area contributed by atoms with Gasteiger partial charge in [-0.05, 0) is 12.1 Å². The number of hydrogen-bond acceptors (Lipinski definition) is 3. The van der Waals surface area contributed by atoms with Crippen LogP contribution in [0.3, 0.4) is 0 Å². The maximum absolute atomic E-state index is 10.6. The highest BCUT2D eigenvalue weighted by molar-refractivity contribution is 5.90. The first-order valence-corrected chi connectivity index (χ1v) is 4.37. The van der Waals surface area contributed by atoms with Crippen molar-refractivity contribution in [1.29, 1.82) is 0 Å². The molecule has 1 amide bonds. The smallest absolute Gasteiger partial charge is 0.241 e. The molecule has 0 aliphatic heterocycles. The minimum atomic E-state index is -0.500. The van der Waals surface area contributed by atoms with E-state index in [2.05, 4.69) is 0 Å². The zero-order chi connectivity index (χ0) is 11.3. The van der Waals surface area contributed by atoms with Crippen molar-refractivity contribution in [3.8, 4) is 11.5 Å². The van der Waals surface area contributed by atoms with Gasteiger partial charge in [0.15, 0.2) is 11.5 Å². The Morgan fingerprint density at radius 2 is 2.07 bits per heavy atom. The number of para-hydroxylation sites is 1. The van der Waals surface area contributed by atoms with E-state index in [4.69, 9.17) is 15.2 Å². The summed E-state index contributed by atoms with van der Waals surface area (Å²) in [6, 6.07) is 5.39. The maximum atomic E-state index is 10.6. The lowest BCUT2D eigenvalue weighted by Crippen LogP contribution is -2.05. The molecule has 0 bridgehead atoms. The van der Waals surface area contributed by atoms with E-state index in [-0.39, 0.29) is 0 Å². The van der Waals surface area contributed by atoms with Crippen molar-refractivity contribution in [2.45, 2.75) is 0 Å². The molecule has 15 heavy (non-hydrogen) atoms. The Labute approximate surface area is 88.3 Å². The Hall–Kier alpha value is -1.97. The maximum Gasteiger partial charge on any atom is 0.241 e. The van der Waals surface area contributed by atoms with E-state index in [1.54, 1.807) is 32.4 Å². The van der Waals surface area contributed by atoms with Gasteiger partial charge in [-0.2, -0.15) is 0 Å². The Kier molecular flexibility index (Phi) is 3.74. The van der Waals surface area contributed by atoms with Gasteiger partial charge in [-0.25, -0.2) is 0 Å². The molecule has 1 aromatic rings. The highest BCUT2D eigenvalue weighted by Gasteiger charge is 2.06. The monoisotopic (exact) mass is 207 g/mol. The number of hydrogen-bond donors (Lipinski definition) is 1. The van der Waals surface area contributed by atoms with Gasteiger partial charge in [-0.3, -0.25) is 4.79 Å². The third-order valence-corrected chi connectivity index (χ3v) is 1.86. The number of methoxy groups -OCH3 is 2. The van der Waals surface area contributed by atoms with Gasteiger partial charge in [0.2, 0.25) is 5.91 Å². The molecular formula is C11H13NO3. The first kappa shape index (κ1) is 11.1. The fourth-order valence-corrected chi connectivity index (χ4v) is 1.22. The molecule has 80 valence electrons. The van der Waals surface area contributed by atoms with Crippen molar-refractivity contribution >= 4 is 12.0 Å². The fourth-order valence-electron chi connectivity index (χ4n) is 1.22. The summed E-state index contributed by atoms with van der Waals surface area (Å²) < 4.78 is 10.3. The minimum Gasteiger partial charge on any atom is -0.493 e. The van der Waals surface area contributed by atoms with Crippen LogP contribution in [0.5, 0.6) is 11.5 Å². The van der Waals surface area contributed by atoms with Crippen molar-refractivity contribution < 1.29 is 14.3 Å². The molecule has 0 aliphatic carbocycles. The molecule has 0 aliphatic rings. The Morgan fingerprint density at radius 3 is 2.60 bits per heavy atom. The lowest BCUT2D eigenvalue weighted by molar-refractivity contribution is -0.113. The summed E-state index contributed by atoms with van der Waals surface area (Å²) in [7, 11) is 3.10. The molecule has 2 N–H and O–H groups in total. The Bertz CT molecular complexity index is 385. The van der Waals surface area contributed by atoms with Crippen LogP contribution in [-0.4, -0.2) is 20.1 Å². The van der Waals surface area contributed by atoms with Crippen LogP contribution in [0.25, 0.3) is 6.08 Å². The van der Waals surface area contributed by atoms with Gasteiger partial charge < -0.3 is 15.2 Å². The van der Waals surface area contributed by atoms with Crippen molar-refractivity contribution in [2.75, 3.05) is 14.2 Å². The third kappa shape index (κ3) is 2.74. The Balaban J connectivity index is 3.11. The fraction of sp³-hybridized carbons (Fsp3) is 0.182. The molecule has 4 nitrogen and oxygen atoms in total. The average molecular weight is 207 g/mol. The third-order valence-electron chi connectivity index (χ3n) is 1.86. The van der Waals surface area contributed by atoms with Gasteiger partial charge in [0.05, 0.1) is 14.2 Å². The highest BCUT2D eigenvalue weighted by atomic mass is 16.5. The van der Waals surface area contributed by atoms with E-state index in [0.717, 1.165) is 5.56 Å². The van der Waals surface area contributed by atoms with E-state index in [1.807, 2.05) is 6.07 Å². The second kappa shape index (κ2) is 5.05. The van der Waals surface area contributed by atoms with Crippen LogP contribution in [0.15, 0.2) is 24.3 Å². The van der Waals surface area contributed by atoms with E-state index in [0.29, 0.717) is 11.5 Å². The molecule has 4 heteroatoms. The molecule has 0 fully saturated rings. The van der Waals surface area contributed by atoms with E-state index < -0.39 is 5.91 Å². The van der Waals surface area contributed by atoms with E-state index in [9.17, 15) is 4.79 Å². The summed E-state index contributed by atoms with van der Waals surface area (Å²) in [5.74, 6) is 0.696. The summed E-state index contributed by atoms with van der Waals surface area (Å²) in [5, 5.41) is 0. The molecule has 0 atom stereocenters. The van der Waals surface area contributed by atoms with E-state index in [1.165, 1.54) is 6.08 Å². The second-order valence-corrected chi connectivity index (χ2v) is 2.82. The molecule has 1 aromatic carbocycles. The molecule has 0 saturated carbocycles. The van der Waals surface area contributed by atoms with Crippen LogP contribution in [-0.2, 0) is 4.79 Å². The number of rotatable bonds is 4. The molecule has 0 heterocycles. The standard InChI is InChI=1S/C11H13NO3/c1-14-9-5-3-4-8(11(9)15-2)6-7-10(12)13/h3-7H,1-2H3,(H2,12,13)/b7-6+. The number of carbonyl (C=O) groups is 1. The molecule has 0 saturated heterocycles. The van der Waals surface area contributed by atoms with Crippen molar-refractivity contribution in [1.82, 2.24) is 0 Å². The Morgan fingerprint density at radius 1 is 1.33 bits per heavy atom.